The van der Waals surface area contributed by atoms with E-state index in [1.165, 1.54) is 50.0 Å². The van der Waals surface area contributed by atoms with Crippen LogP contribution in [0.3, 0.4) is 0 Å². The predicted molar refractivity (Wildman–Crippen MR) is 214 cm³/mol. The Morgan fingerprint density at radius 1 is 0.510 bits per heavy atom. The van der Waals surface area contributed by atoms with Crippen LogP contribution in [0, 0.1) is 0 Å². The minimum Gasteiger partial charge on any atom is -0.457 e. The van der Waals surface area contributed by atoms with Gasteiger partial charge in [-0.3, -0.25) is 0 Å². The van der Waals surface area contributed by atoms with E-state index in [-0.39, 0.29) is 5.41 Å². The Morgan fingerprint density at radius 2 is 1.12 bits per heavy atom. The molecule has 4 heteroatoms. The highest BCUT2D eigenvalue weighted by molar-refractivity contribution is 6.07. The molecule has 1 N–H and O–H groups in total. The monoisotopic (exact) mass is 661 g/mol. The number of benzene rings is 7. The van der Waals surface area contributed by atoms with Gasteiger partial charge in [-0.2, -0.15) is 0 Å². The number of nitrogens with one attached hydrogen (secondary N) is 1. The average Bonchev–Trinajstić information content (AvgIpc) is 3.73. The molecule has 7 aromatic carbocycles. The molecule has 1 aliphatic heterocycles. The quantitative estimate of drug-likeness (QED) is 0.192. The van der Waals surface area contributed by atoms with Crippen molar-refractivity contribution in [1.29, 1.82) is 0 Å². The second-order valence-corrected chi connectivity index (χ2v) is 14.4. The van der Waals surface area contributed by atoms with Crippen LogP contribution in [-0.4, -0.2) is 11.7 Å². The lowest BCUT2D eigenvalue weighted by molar-refractivity contribution is 0.479. The van der Waals surface area contributed by atoms with Gasteiger partial charge in [0.15, 0.2) is 0 Å². The summed E-state index contributed by atoms with van der Waals surface area (Å²) >= 11 is 0. The molecule has 0 fully saturated rings. The van der Waals surface area contributed by atoms with Crippen LogP contribution in [0.5, 0.6) is 11.5 Å². The molecule has 248 valence electrons. The number of aromatic nitrogens is 1. The standard InChI is InChI=1S/C47H39N3O/c1-47(2,3)34-27-35(29-37(28-34)51-36-25-26-41-40-19-10-11-22-42(40)48-43(41)30-36)49-31-50(45-24-13-12-23-44(45)49)46-38(32-15-6-4-7-16-32)20-14-21-39(46)33-17-8-5-9-18-33/h4-30,48H,31H2,1-3H3. The minimum atomic E-state index is -0.0887. The van der Waals surface area contributed by atoms with Crippen molar-refractivity contribution in [3.05, 3.63) is 169 Å². The van der Waals surface area contributed by atoms with E-state index in [1.807, 2.05) is 0 Å². The zero-order chi connectivity index (χ0) is 34.5. The number of rotatable bonds is 6. The van der Waals surface area contributed by atoms with E-state index in [9.17, 15) is 0 Å². The molecule has 0 atom stereocenters. The largest absolute Gasteiger partial charge is 0.457 e. The van der Waals surface area contributed by atoms with Crippen molar-refractivity contribution in [3.63, 3.8) is 0 Å². The van der Waals surface area contributed by atoms with Gasteiger partial charge in [-0.15, -0.1) is 0 Å². The fraction of sp³-hybridized carbons (Fsp3) is 0.106. The first-order valence-corrected chi connectivity index (χ1v) is 17.6. The Bertz CT molecular complexity index is 2470. The van der Waals surface area contributed by atoms with Gasteiger partial charge in [0.25, 0.3) is 0 Å². The highest BCUT2D eigenvalue weighted by Gasteiger charge is 2.32. The van der Waals surface area contributed by atoms with Crippen LogP contribution in [0.25, 0.3) is 44.1 Å². The predicted octanol–water partition coefficient (Wildman–Crippen LogP) is 13.0. The van der Waals surface area contributed by atoms with Gasteiger partial charge in [-0.1, -0.05) is 130 Å². The van der Waals surface area contributed by atoms with Crippen molar-refractivity contribution in [2.45, 2.75) is 26.2 Å². The molecular formula is C47H39N3O. The molecule has 2 heterocycles. The highest BCUT2D eigenvalue weighted by atomic mass is 16.5. The van der Waals surface area contributed by atoms with E-state index in [1.54, 1.807) is 0 Å². The van der Waals surface area contributed by atoms with Crippen molar-refractivity contribution >= 4 is 44.6 Å². The third kappa shape index (κ3) is 5.59. The van der Waals surface area contributed by atoms with Crippen LogP contribution in [0.4, 0.5) is 22.7 Å². The summed E-state index contributed by atoms with van der Waals surface area (Å²) in [5.41, 5.74) is 12.7. The summed E-state index contributed by atoms with van der Waals surface area (Å²) in [5.74, 6) is 1.62. The molecule has 51 heavy (non-hydrogen) atoms. The molecular weight excluding hydrogens is 623 g/mol. The van der Waals surface area contributed by atoms with E-state index in [0.29, 0.717) is 6.67 Å². The number of para-hydroxylation sites is 4. The molecule has 0 unspecified atom stereocenters. The van der Waals surface area contributed by atoms with Gasteiger partial charge in [0.2, 0.25) is 0 Å². The lowest BCUT2D eigenvalue weighted by Gasteiger charge is -2.28. The summed E-state index contributed by atoms with van der Waals surface area (Å²) in [7, 11) is 0. The van der Waals surface area contributed by atoms with Gasteiger partial charge < -0.3 is 19.5 Å². The fourth-order valence-corrected chi connectivity index (χ4v) is 7.43. The third-order valence-electron chi connectivity index (χ3n) is 10.0. The number of H-pyrrole nitrogens is 1. The van der Waals surface area contributed by atoms with Gasteiger partial charge in [0.1, 0.15) is 18.2 Å². The Balaban J connectivity index is 1.16. The van der Waals surface area contributed by atoms with Crippen molar-refractivity contribution in [1.82, 2.24) is 4.98 Å². The second-order valence-electron chi connectivity index (χ2n) is 14.4. The van der Waals surface area contributed by atoms with E-state index in [2.05, 4.69) is 199 Å². The summed E-state index contributed by atoms with van der Waals surface area (Å²) in [5, 5.41) is 2.42. The van der Waals surface area contributed by atoms with E-state index >= 15 is 0 Å². The maximum atomic E-state index is 6.71. The summed E-state index contributed by atoms with van der Waals surface area (Å²) in [6.45, 7) is 7.44. The lowest BCUT2D eigenvalue weighted by atomic mass is 9.86. The van der Waals surface area contributed by atoms with Gasteiger partial charge >= 0.3 is 0 Å². The first-order chi connectivity index (χ1) is 24.9. The summed E-state index contributed by atoms with van der Waals surface area (Å²) in [6.07, 6.45) is 0. The Labute approximate surface area is 299 Å². The van der Waals surface area contributed by atoms with Crippen LogP contribution in [0.15, 0.2) is 164 Å². The lowest BCUT2D eigenvalue weighted by Crippen LogP contribution is -2.25. The van der Waals surface area contributed by atoms with E-state index in [4.69, 9.17) is 4.74 Å². The molecule has 1 aliphatic rings. The Kier molecular flexibility index (Phi) is 7.40. The second kappa shape index (κ2) is 12.3. The van der Waals surface area contributed by atoms with E-state index in [0.717, 1.165) is 33.9 Å². The van der Waals surface area contributed by atoms with Crippen LogP contribution < -0.4 is 14.5 Å². The number of hydrogen-bond acceptors (Lipinski definition) is 3. The van der Waals surface area contributed by atoms with Gasteiger partial charge in [0.05, 0.1) is 22.6 Å². The van der Waals surface area contributed by atoms with Gasteiger partial charge in [-0.25, -0.2) is 0 Å². The number of fused-ring (bicyclic) bond motifs is 4. The number of hydrogen-bond donors (Lipinski definition) is 1. The zero-order valence-corrected chi connectivity index (χ0v) is 29.1. The molecule has 0 bridgehead atoms. The van der Waals surface area contributed by atoms with Crippen LogP contribution in [0.2, 0.25) is 0 Å². The van der Waals surface area contributed by atoms with Crippen LogP contribution in [-0.2, 0) is 5.41 Å². The number of nitrogens with zero attached hydrogens (tertiary/aromatic N) is 2. The first-order valence-electron chi connectivity index (χ1n) is 17.6. The highest BCUT2D eigenvalue weighted by Crippen LogP contribution is 2.50. The normalized spacial score (nSPS) is 12.8. The average molecular weight is 662 g/mol. The SMILES string of the molecule is CC(C)(C)c1cc(Oc2ccc3c(c2)[nH]c2ccccc23)cc(N2CN(c3c(-c4ccccc4)cccc3-c3ccccc3)c3ccccc32)c1. The molecule has 1 aromatic heterocycles. The van der Waals surface area contributed by atoms with E-state index < -0.39 is 0 Å². The minimum absolute atomic E-state index is 0.0887. The van der Waals surface area contributed by atoms with Crippen molar-refractivity contribution in [3.8, 4) is 33.8 Å². The fourth-order valence-electron chi connectivity index (χ4n) is 7.43. The molecule has 0 saturated heterocycles. The van der Waals surface area contributed by atoms with Crippen LogP contribution in [0.1, 0.15) is 26.3 Å². The topological polar surface area (TPSA) is 31.5 Å². The zero-order valence-electron chi connectivity index (χ0n) is 29.1. The van der Waals surface area contributed by atoms with Crippen molar-refractivity contribution in [2.24, 2.45) is 0 Å². The summed E-state index contributed by atoms with van der Waals surface area (Å²) in [6, 6.07) is 58.4. The van der Waals surface area contributed by atoms with Gasteiger partial charge in [-0.05, 0) is 64.6 Å². The molecule has 0 saturated carbocycles. The maximum absolute atomic E-state index is 6.71. The molecule has 0 aliphatic carbocycles. The molecule has 9 rings (SSSR count). The molecule has 0 amide bonds. The molecule has 4 nitrogen and oxygen atoms in total. The molecule has 0 spiro atoms. The Morgan fingerprint density at radius 3 is 1.80 bits per heavy atom. The van der Waals surface area contributed by atoms with Gasteiger partial charge in [0, 0.05) is 45.2 Å². The first kappa shape index (κ1) is 30.8. The number of anilines is 4. The van der Waals surface area contributed by atoms with Crippen molar-refractivity contribution < 1.29 is 4.74 Å². The number of ether oxygens (including phenoxy) is 1. The maximum Gasteiger partial charge on any atom is 0.129 e. The third-order valence-corrected chi connectivity index (χ3v) is 10.0. The summed E-state index contributed by atoms with van der Waals surface area (Å²) in [4.78, 5) is 8.47. The Hall–Kier alpha value is -6.26. The molecule has 0 radical (unpaired) electrons. The van der Waals surface area contributed by atoms with Crippen LogP contribution >= 0.6 is 0 Å². The number of aromatic amines is 1. The molecule has 8 aromatic rings. The summed E-state index contributed by atoms with van der Waals surface area (Å²) < 4.78 is 6.71. The van der Waals surface area contributed by atoms with Crippen molar-refractivity contribution in [2.75, 3.05) is 16.5 Å². The smallest absolute Gasteiger partial charge is 0.129 e.